The van der Waals surface area contributed by atoms with E-state index in [1.807, 2.05) is 0 Å². The summed E-state index contributed by atoms with van der Waals surface area (Å²) in [7, 11) is 0. The first-order valence-corrected chi connectivity index (χ1v) is 8.04. The first-order chi connectivity index (χ1) is 11.6. The molecule has 0 saturated heterocycles. The average molecular weight is 361 g/mol. The maximum Gasteiger partial charge on any atom is 0.350 e. The Bertz CT molecular complexity index is 929. The Morgan fingerprint density at radius 3 is 2.58 bits per heavy atom. The lowest BCUT2D eigenvalue weighted by atomic mass is 10.2. The number of halogens is 2. The van der Waals surface area contributed by atoms with Crippen LogP contribution in [0.15, 0.2) is 60.2 Å². The van der Waals surface area contributed by atoms with Crippen molar-refractivity contribution in [2.24, 2.45) is 0 Å². The molecule has 0 atom stereocenters. The van der Waals surface area contributed by atoms with Crippen LogP contribution in [0.4, 0.5) is 0 Å². The number of rotatable bonds is 5. The van der Waals surface area contributed by atoms with Gasteiger partial charge in [0, 0.05) is 29.5 Å². The molecule has 0 N–H and O–H groups in total. The summed E-state index contributed by atoms with van der Waals surface area (Å²) in [6.07, 6.45) is 5.52. The highest BCUT2D eigenvalue weighted by atomic mass is 35.5. The predicted octanol–water partition coefficient (Wildman–Crippen LogP) is 3.98. The lowest BCUT2D eigenvalue weighted by Crippen LogP contribution is -2.24. The largest absolute Gasteiger partial charge is 0.350 e. The van der Waals surface area contributed by atoms with Crippen molar-refractivity contribution in [3.05, 3.63) is 75.9 Å². The van der Waals surface area contributed by atoms with Gasteiger partial charge in [-0.15, -0.1) is 11.7 Å². The van der Waals surface area contributed by atoms with Crippen LogP contribution < -0.4 is 5.69 Å². The molecule has 3 rings (SSSR count). The van der Waals surface area contributed by atoms with Gasteiger partial charge in [0.05, 0.1) is 10.7 Å². The Balaban J connectivity index is 2.23. The second-order valence-electron chi connectivity index (χ2n) is 5.07. The molecule has 5 nitrogen and oxygen atoms in total. The normalized spacial score (nSPS) is 10.8. The van der Waals surface area contributed by atoms with Gasteiger partial charge < -0.3 is 0 Å². The summed E-state index contributed by atoms with van der Waals surface area (Å²) >= 11 is 12.2. The molecule has 24 heavy (non-hydrogen) atoms. The highest BCUT2D eigenvalue weighted by molar-refractivity contribution is 6.33. The van der Waals surface area contributed by atoms with Crippen LogP contribution in [0.2, 0.25) is 10.0 Å². The van der Waals surface area contributed by atoms with Crippen molar-refractivity contribution in [1.29, 1.82) is 0 Å². The third kappa shape index (κ3) is 3.13. The van der Waals surface area contributed by atoms with Crippen LogP contribution in [0, 0.1) is 0 Å². The van der Waals surface area contributed by atoms with Gasteiger partial charge in [-0.3, -0.25) is 4.98 Å². The molecule has 1 aromatic carbocycles. The number of aromatic nitrogens is 4. The maximum atomic E-state index is 12.8. The van der Waals surface area contributed by atoms with Gasteiger partial charge in [-0.2, -0.15) is 0 Å². The van der Waals surface area contributed by atoms with Crippen LogP contribution in [0.1, 0.15) is 6.42 Å². The molecule has 0 fully saturated rings. The van der Waals surface area contributed by atoms with Crippen molar-refractivity contribution in [3.8, 4) is 17.1 Å². The van der Waals surface area contributed by atoms with Crippen LogP contribution in [-0.2, 0) is 6.54 Å². The van der Waals surface area contributed by atoms with Gasteiger partial charge in [0.25, 0.3) is 0 Å². The van der Waals surface area contributed by atoms with Gasteiger partial charge in [-0.25, -0.2) is 14.0 Å². The minimum Gasteiger partial charge on any atom is -0.263 e. The number of aryl methyl sites for hydroxylation is 1. The summed E-state index contributed by atoms with van der Waals surface area (Å²) in [5.41, 5.74) is 1.05. The molecule has 0 aliphatic heterocycles. The fourth-order valence-corrected chi connectivity index (χ4v) is 2.65. The molecule has 0 spiro atoms. The van der Waals surface area contributed by atoms with Gasteiger partial charge in [0.1, 0.15) is 0 Å². The first kappa shape index (κ1) is 16.5. The second kappa shape index (κ2) is 7.03. The van der Waals surface area contributed by atoms with E-state index in [9.17, 15) is 4.79 Å². The van der Waals surface area contributed by atoms with Crippen LogP contribution >= 0.6 is 23.2 Å². The van der Waals surface area contributed by atoms with E-state index in [4.69, 9.17) is 23.2 Å². The number of hydrogen-bond donors (Lipinski definition) is 0. The SMILES string of the molecule is C=CCCn1nc(-c2ccncc2Cl)n(-c2ccc(Cl)cc2)c1=O. The van der Waals surface area contributed by atoms with Crippen molar-refractivity contribution < 1.29 is 0 Å². The lowest BCUT2D eigenvalue weighted by molar-refractivity contribution is 0.598. The van der Waals surface area contributed by atoms with Crippen molar-refractivity contribution in [1.82, 2.24) is 19.3 Å². The molecule has 3 aromatic rings. The number of allylic oxidation sites excluding steroid dienone is 1. The summed E-state index contributed by atoms with van der Waals surface area (Å²) in [4.78, 5) is 16.8. The number of pyridine rings is 1. The predicted molar refractivity (Wildman–Crippen MR) is 95.9 cm³/mol. The van der Waals surface area contributed by atoms with Crippen molar-refractivity contribution in [2.45, 2.75) is 13.0 Å². The number of hydrogen-bond acceptors (Lipinski definition) is 3. The summed E-state index contributed by atoms with van der Waals surface area (Å²) < 4.78 is 2.92. The number of nitrogens with zero attached hydrogens (tertiary/aromatic N) is 4. The van der Waals surface area contributed by atoms with E-state index in [0.29, 0.717) is 40.1 Å². The molecule has 2 heterocycles. The Kier molecular flexibility index (Phi) is 4.83. The fraction of sp³-hybridized carbons (Fsp3) is 0.118. The Morgan fingerprint density at radius 1 is 1.17 bits per heavy atom. The lowest BCUT2D eigenvalue weighted by Gasteiger charge is -2.06. The summed E-state index contributed by atoms with van der Waals surface area (Å²) in [5, 5.41) is 5.47. The zero-order valence-electron chi connectivity index (χ0n) is 12.7. The molecule has 0 radical (unpaired) electrons. The van der Waals surface area contributed by atoms with Gasteiger partial charge >= 0.3 is 5.69 Å². The quantitative estimate of drug-likeness (QED) is 0.646. The van der Waals surface area contributed by atoms with E-state index < -0.39 is 0 Å². The van der Waals surface area contributed by atoms with E-state index in [1.165, 1.54) is 15.4 Å². The minimum absolute atomic E-state index is 0.248. The van der Waals surface area contributed by atoms with E-state index in [2.05, 4.69) is 16.7 Å². The zero-order chi connectivity index (χ0) is 17.1. The second-order valence-corrected chi connectivity index (χ2v) is 5.92. The van der Waals surface area contributed by atoms with Gasteiger partial charge in [-0.05, 0) is 36.8 Å². The summed E-state index contributed by atoms with van der Waals surface area (Å²) in [6.45, 7) is 4.12. The number of benzene rings is 1. The average Bonchev–Trinajstić information content (AvgIpc) is 2.91. The Morgan fingerprint density at radius 2 is 1.92 bits per heavy atom. The fourth-order valence-electron chi connectivity index (χ4n) is 2.32. The standard InChI is InChI=1S/C17H14Cl2N4O/c1-2-3-10-22-17(24)23(13-6-4-12(18)5-7-13)16(21-22)14-8-9-20-11-15(14)19/h2,4-9,11H,1,3,10H2. The molecule has 7 heteroatoms. The van der Waals surface area contributed by atoms with Crippen LogP contribution in [-0.4, -0.2) is 19.3 Å². The van der Waals surface area contributed by atoms with Crippen molar-refractivity contribution >= 4 is 23.2 Å². The molecule has 2 aromatic heterocycles. The first-order valence-electron chi connectivity index (χ1n) is 7.28. The Hall–Kier alpha value is -2.37. The highest BCUT2D eigenvalue weighted by Crippen LogP contribution is 2.26. The van der Waals surface area contributed by atoms with Gasteiger partial charge in [0.15, 0.2) is 5.82 Å². The summed E-state index contributed by atoms with van der Waals surface area (Å²) in [6, 6.07) is 8.71. The van der Waals surface area contributed by atoms with Crippen molar-refractivity contribution in [2.75, 3.05) is 0 Å². The third-order valence-corrected chi connectivity index (χ3v) is 4.04. The van der Waals surface area contributed by atoms with E-state index >= 15 is 0 Å². The molecule has 0 aliphatic rings. The third-order valence-electron chi connectivity index (χ3n) is 3.48. The smallest absolute Gasteiger partial charge is 0.263 e. The topological polar surface area (TPSA) is 52.7 Å². The van der Waals surface area contributed by atoms with E-state index in [0.717, 1.165) is 0 Å². The molecular weight excluding hydrogens is 347 g/mol. The maximum absolute atomic E-state index is 12.8. The van der Waals surface area contributed by atoms with Crippen LogP contribution in [0.25, 0.3) is 17.1 Å². The molecule has 0 saturated carbocycles. The van der Waals surface area contributed by atoms with E-state index in [-0.39, 0.29) is 5.69 Å². The van der Waals surface area contributed by atoms with Gasteiger partial charge in [-0.1, -0.05) is 29.3 Å². The molecule has 122 valence electrons. The Labute approximate surface area is 148 Å². The monoisotopic (exact) mass is 360 g/mol. The minimum atomic E-state index is -0.248. The van der Waals surface area contributed by atoms with Crippen molar-refractivity contribution in [3.63, 3.8) is 0 Å². The summed E-state index contributed by atoms with van der Waals surface area (Å²) in [5.74, 6) is 0.457. The van der Waals surface area contributed by atoms with Crippen LogP contribution in [0.5, 0.6) is 0 Å². The molecule has 0 unspecified atom stereocenters. The van der Waals surface area contributed by atoms with E-state index in [1.54, 1.807) is 42.6 Å². The van der Waals surface area contributed by atoms with Crippen LogP contribution in [0.3, 0.4) is 0 Å². The molecule has 0 amide bonds. The zero-order valence-corrected chi connectivity index (χ0v) is 14.2. The molecule has 0 aliphatic carbocycles. The molecular formula is C17H14Cl2N4O. The van der Waals surface area contributed by atoms with Gasteiger partial charge in [0.2, 0.25) is 0 Å². The highest BCUT2D eigenvalue weighted by Gasteiger charge is 2.18. The molecule has 0 bridgehead atoms.